The van der Waals surface area contributed by atoms with Crippen molar-refractivity contribution in [1.29, 1.82) is 0 Å². The maximum Gasteiger partial charge on any atom is 0.307 e. The highest BCUT2D eigenvalue weighted by Crippen LogP contribution is 2.03. The second-order valence-electron chi connectivity index (χ2n) is 4.65. The van der Waals surface area contributed by atoms with Gasteiger partial charge >= 0.3 is 5.97 Å². The zero-order valence-electron chi connectivity index (χ0n) is 10.7. The third-order valence-corrected chi connectivity index (χ3v) is 4.10. The Labute approximate surface area is 103 Å². The first-order chi connectivity index (χ1) is 7.74. The summed E-state index contributed by atoms with van der Waals surface area (Å²) in [6, 6.07) is 0. The fraction of sp³-hybridized carbons (Fsp3) is 0.909. The van der Waals surface area contributed by atoms with Gasteiger partial charge in [-0.1, -0.05) is 20.8 Å². The van der Waals surface area contributed by atoms with Crippen molar-refractivity contribution in [3.8, 4) is 0 Å². The molecular weight excluding hydrogens is 244 g/mol. The highest BCUT2D eigenvalue weighted by atomic mass is 32.2. The molecule has 102 valence electrons. The second kappa shape index (κ2) is 7.66. The molecule has 0 bridgehead atoms. The first-order valence-electron chi connectivity index (χ1n) is 5.75. The summed E-state index contributed by atoms with van der Waals surface area (Å²) in [6.07, 6.45) is 0.894. The van der Waals surface area contributed by atoms with Crippen molar-refractivity contribution in [2.45, 2.75) is 27.2 Å². The van der Waals surface area contributed by atoms with E-state index in [1.165, 1.54) is 6.92 Å². The van der Waals surface area contributed by atoms with E-state index < -0.39 is 21.7 Å². The molecule has 6 heteroatoms. The van der Waals surface area contributed by atoms with Crippen LogP contribution in [0.25, 0.3) is 0 Å². The van der Waals surface area contributed by atoms with Crippen LogP contribution in [-0.2, 0) is 19.4 Å². The van der Waals surface area contributed by atoms with Crippen LogP contribution >= 0.6 is 0 Å². The van der Waals surface area contributed by atoms with Crippen LogP contribution in [0.3, 0.4) is 0 Å². The fourth-order valence-corrected chi connectivity index (χ4v) is 2.59. The third-order valence-electron chi connectivity index (χ3n) is 2.30. The Hall–Kier alpha value is -0.620. The van der Waals surface area contributed by atoms with Crippen LogP contribution in [0.4, 0.5) is 0 Å². The Morgan fingerprint density at radius 3 is 2.29 bits per heavy atom. The predicted molar refractivity (Wildman–Crippen MR) is 65.7 cm³/mol. The van der Waals surface area contributed by atoms with Crippen LogP contribution in [0.5, 0.6) is 0 Å². The molecule has 0 aliphatic rings. The van der Waals surface area contributed by atoms with Crippen molar-refractivity contribution in [3.63, 3.8) is 0 Å². The number of carboxylic acids is 1. The van der Waals surface area contributed by atoms with Gasteiger partial charge in [0.15, 0.2) is 9.84 Å². The van der Waals surface area contributed by atoms with E-state index in [9.17, 15) is 13.2 Å². The van der Waals surface area contributed by atoms with Crippen molar-refractivity contribution in [2.24, 2.45) is 11.8 Å². The van der Waals surface area contributed by atoms with E-state index in [0.29, 0.717) is 12.5 Å². The highest BCUT2D eigenvalue weighted by Gasteiger charge is 2.20. The molecule has 0 aliphatic carbocycles. The van der Waals surface area contributed by atoms with Crippen molar-refractivity contribution >= 4 is 15.8 Å². The predicted octanol–water partition coefficient (Wildman–Crippen LogP) is 1.18. The number of hydrogen-bond acceptors (Lipinski definition) is 4. The normalized spacial score (nSPS) is 13.9. The molecule has 5 nitrogen and oxygen atoms in total. The number of carbonyl (C=O) groups is 1. The molecule has 0 aromatic carbocycles. The van der Waals surface area contributed by atoms with Gasteiger partial charge in [0.1, 0.15) is 0 Å². The minimum Gasteiger partial charge on any atom is -0.481 e. The smallest absolute Gasteiger partial charge is 0.307 e. The van der Waals surface area contributed by atoms with Gasteiger partial charge in [-0.15, -0.1) is 0 Å². The largest absolute Gasteiger partial charge is 0.481 e. The molecule has 0 aromatic rings. The van der Waals surface area contributed by atoms with Crippen molar-refractivity contribution in [1.82, 2.24) is 0 Å². The van der Waals surface area contributed by atoms with E-state index in [-0.39, 0.29) is 18.1 Å². The van der Waals surface area contributed by atoms with Gasteiger partial charge in [-0.2, -0.15) is 0 Å². The first kappa shape index (κ1) is 16.4. The number of aliphatic carboxylic acids is 1. The van der Waals surface area contributed by atoms with E-state index >= 15 is 0 Å². The number of rotatable bonds is 9. The molecule has 0 amide bonds. The zero-order valence-corrected chi connectivity index (χ0v) is 11.5. The lowest BCUT2D eigenvalue weighted by Crippen LogP contribution is -2.24. The van der Waals surface area contributed by atoms with E-state index in [1.807, 2.05) is 0 Å². The lowest BCUT2D eigenvalue weighted by molar-refractivity contribution is -0.140. The number of hydrogen-bond donors (Lipinski definition) is 1. The molecular formula is C11H22O5S. The van der Waals surface area contributed by atoms with E-state index in [2.05, 4.69) is 13.8 Å². The van der Waals surface area contributed by atoms with Crippen LogP contribution in [0.2, 0.25) is 0 Å². The summed E-state index contributed by atoms with van der Waals surface area (Å²) in [5, 5.41) is 8.62. The molecule has 0 saturated carbocycles. The minimum absolute atomic E-state index is 0.108. The molecule has 0 aromatic heterocycles. The Balaban J connectivity index is 3.83. The van der Waals surface area contributed by atoms with Gasteiger partial charge in [0.2, 0.25) is 0 Å². The molecule has 1 atom stereocenters. The van der Waals surface area contributed by atoms with Gasteiger partial charge < -0.3 is 9.84 Å². The van der Waals surface area contributed by atoms with E-state index in [0.717, 1.165) is 6.42 Å². The van der Waals surface area contributed by atoms with Crippen molar-refractivity contribution in [2.75, 3.05) is 24.7 Å². The summed E-state index contributed by atoms with van der Waals surface area (Å²) in [5.41, 5.74) is 0. The Morgan fingerprint density at radius 2 is 1.82 bits per heavy atom. The molecule has 1 unspecified atom stereocenters. The van der Waals surface area contributed by atoms with Crippen LogP contribution in [-0.4, -0.2) is 44.2 Å². The van der Waals surface area contributed by atoms with Gasteiger partial charge in [0, 0.05) is 6.61 Å². The van der Waals surface area contributed by atoms with Gasteiger partial charge in [0.25, 0.3) is 0 Å². The molecule has 17 heavy (non-hydrogen) atoms. The minimum atomic E-state index is -3.33. The molecule has 0 saturated heterocycles. The van der Waals surface area contributed by atoms with Crippen LogP contribution < -0.4 is 0 Å². The molecule has 0 aliphatic heterocycles. The van der Waals surface area contributed by atoms with Gasteiger partial charge in [-0.05, 0) is 12.3 Å². The summed E-state index contributed by atoms with van der Waals surface area (Å²) in [6.45, 7) is 6.20. The summed E-state index contributed by atoms with van der Waals surface area (Å²) >= 11 is 0. The average molecular weight is 266 g/mol. The topological polar surface area (TPSA) is 80.7 Å². The molecule has 0 rings (SSSR count). The standard InChI is InChI=1S/C11H22O5S/c1-9(2)4-5-16-6-7-17(14,15)8-10(3)11(12)13/h9-10H,4-8H2,1-3H3,(H,12,13). The Bertz CT molecular complexity index is 321. The maximum absolute atomic E-state index is 11.5. The summed E-state index contributed by atoms with van der Waals surface area (Å²) in [5.74, 6) is -1.86. The average Bonchev–Trinajstić information content (AvgIpc) is 2.15. The molecule has 0 fully saturated rings. The van der Waals surface area contributed by atoms with E-state index in [4.69, 9.17) is 9.84 Å². The Morgan fingerprint density at radius 1 is 1.24 bits per heavy atom. The van der Waals surface area contributed by atoms with Crippen molar-refractivity contribution < 1.29 is 23.1 Å². The molecule has 1 N–H and O–H groups in total. The van der Waals surface area contributed by atoms with Crippen LogP contribution in [0.15, 0.2) is 0 Å². The van der Waals surface area contributed by atoms with Gasteiger partial charge in [0.05, 0.1) is 24.0 Å². The number of carboxylic acid groups (broad SMARTS) is 1. The summed E-state index contributed by atoms with van der Waals surface area (Å²) in [4.78, 5) is 10.5. The number of ether oxygens (including phenoxy) is 1. The highest BCUT2D eigenvalue weighted by molar-refractivity contribution is 7.91. The number of sulfone groups is 1. The maximum atomic E-state index is 11.5. The fourth-order valence-electron chi connectivity index (χ4n) is 1.14. The lowest BCUT2D eigenvalue weighted by Gasteiger charge is -2.09. The lowest BCUT2D eigenvalue weighted by atomic mass is 10.1. The third kappa shape index (κ3) is 9.12. The van der Waals surface area contributed by atoms with Crippen molar-refractivity contribution in [3.05, 3.63) is 0 Å². The SMILES string of the molecule is CC(C)CCOCCS(=O)(=O)CC(C)C(=O)O. The quantitative estimate of drug-likeness (QED) is 0.634. The molecule has 0 radical (unpaired) electrons. The van der Waals surface area contributed by atoms with E-state index in [1.54, 1.807) is 0 Å². The summed E-state index contributed by atoms with van der Waals surface area (Å²) in [7, 11) is -3.33. The Kier molecular flexibility index (Phi) is 7.38. The molecule has 0 heterocycles. The molecule has 0 spiro atoms. The van der Waals surface area contributed by atoms with Gasteiger partial charge in [-0.3, -0.25) is 4.79 Å². The first-order valence-corrected chi connectivity index (χ1v) is 7.57. The second-order valence-corrected chi connectivity index (χ2v) is 6.88. The van der Waals surface area contributed by atoms with Crippen LogP contribution in [0, 0.1) is 11.8 Å². The van der Waals surface area contributed by atoms with Crippen LogP contribution in [0.1, 0.15) is 27.2 Å². The van der Waals surface area contributed by atoms with Gasteiger partial charge in [-0.25, -0.2) is 8.42 Å². The monoisotopic (exact) mass is 266 g/mol. The summed E-state index contributed by atoms with van der Waals surface area (Å²) < 4.78 is 28.2. The zero-order chi connectivity index (χ0) is 13.5.